The molecule has 0 amide bonds. The number of aliphatic imine (C=N–C) groups is 1. The summed E-state index contributed by atoms with van der Waals surface area (Å²) in [6, 6.07) is 10.9. The van der Waals surface area contributed by atoms with Crippen LogP contribution in [0.2, 0.25) is 0 Å². The summed E-state index contributed by atoms with van der Waals surface area (Å²) < 4.78 is 51.0. The molecule has 2 rings (SSSR count). The maximum Gasteiger partial charge on any atom is 0.573 e. The number of nitrogens with zero attached hydrogens (tertiary/aromatic N) is 1. The first-order chi connectivity index (χ1) is 13.3. The van der Waals surface area contributed by atoms with Gasteiger partial charge in [0.25, 0.3) is 0 Å². The van der Waals surface area contributed by atoms with Crippen molar-refractivity contribution < 1.29 is 27.4 Å². The topological polar surface area (TPSA) is 78.1 Å². The molecule has 0 aromatic heterocycles. The van der Waals surface area contributed by atoms with Crippen LogP contribution in [-0.2, 0) is 11.3 Å². The van der Waals surface area contributed by atoms with Crippen LogP contribution in [0.15, 0.2) is 47.5 Å². The second-order valence-corrected chi connectivity index (χ2v) is 5.85. The van der Waals surface area contributed by atoms with E-state index in [0.717, 1.165) is 11.1 Å². The number of rotatable bonds is 8. The highest BCUT2D eigenvalue weighted by Gasteiger charge is 2.30. The number of anilines is 1. The quantitative estimate of drug-likeness (QED) is 0.402. The van der Waals surface area contributed by atoms with E-state index in [0.29, 0.717) is 24.7 Å². The van der Waals surface area contributed by atoms with Crippen LogP contribution in [0.1, 0.15) is 11.1 Å². The Labute approximate surface area is 161 Å². The van der Waals surface area contributed by atoms with Crippen molar-refractivity contribution in [2.75, 3.05) is 25.6 Å². The molecule has 2 aromatic rings. The van der Waals surface area contributed by atoms with E-state index in [-0.39, 0.29) is 18.3 Å². The summed E-state index contributed by atoms with van der Waals surface area (Å²) in [5, 5.41) is 2.82. The number of halogens is 3. The largest absolute Gasteiger partial charge is 0.573 e. The van der Waals surface area contributed by atoms with Crippen LogP contribution in [0.5, 0.6) is 11.5 Å². The minimum Gasteiger partial charge on any atom is -0.491 e. The Bertz CT molecular complexity index is 793. The average molecular weight is 397 g/mol. The molecule has 0 unspecified atom stereocenters. The summed E-state index contributed by atoms with van der Waals surface area (Å²) in [6.45, 7) is 3.11. The SMILES string of the molecule is COCCOc1cc(C)ccc1CN=C(N)Nc1ccc(OC(F)(F)F)cc1. The molecule has 0 fully saturated rings. The van der Waals surface area contributed by atoms with Crippen molar-refractivity contribution in [2.45, 2.75) is 19.8 Å². The molecule has 2 aromatic carbocycles. The van der Waals surface area contributed by atoms with Crippen LogP contribution in [0.25, 0.3) is 0 Å². The second kappa shape index (κ2) is 9.84. The van der Waals surface area contributed by atoms with E-state index in [1.165, 1.54) is 24.3 Å². The highest BCUT2D eigenvalue weighted by molar-refractivity contribution is 5.92. The molecule has 28 heavy (non-hydrogen) atoms. The fraction of sp³-hybridized carbons (Fsp3) is 0.316. The standard InChI is InChI=1S/C19H22F3N3O3/c1-13-3-4-14(17(11-13)27-10-9-26-2)12-24-18(23)25-15-5-7-16(8-6-15)28-19(20,21)22/h3-8,11H,9-10,12H2,1-2H3,(H3,23,24,25). The van der Waals surface area contributed by atoms with E-state index in [1.807, 2.05) is 25.1 Å². The number of ether oxygens (including phenoxy) is 3. The van der Waals surface area contributed by atoms with Crippen molar-refractivity contribution in [3.05, 3.63) is 53.6 Å². The van der Waals surface area contributed by atoms with Gasteiger partial charge in [0.1, 0.15) is 18.1 Å². The molecular weight excluding hydrogens is 375 g/mol. The molecule has 0 spiro atoms. The molecule has 9 heteroatoms. The van der Waals surface area contributed by atoms with Crippen molar-refractivity contribution in [2.24, 2.45) is 10.7 Å². The van der Waals surface area contributed by atoms with Gasteiger partial charge in [0, 0.05) is 18.4 Å². The van der Waals surface area contributed by atoms with Crippen molar-refractivity contribution in [3.63, 3.8) is 0 Å². The summed E-state index contributed by atoms with van der Waals surface area (Å²) in [4.78, 5) is 4.25. The molecule has 0 atom stereocenters. The molecule has 152 valence electrons. The third-order valence-electron chi connectivity index (χ3n) is 3.55. The van der Waals surface area contributed by atoms with Crippen LogP contribution in [0.4, 0.5) is 18.9 Å². The van der Waals surface area contributed by atoms with Crippen LogP contribution in [0, 0.1) is 6.92 Å². The van der Waals surface area contributed by atoms with Gasteiger partial charge >= 0.3 is 6.36 Å². The van der Waals surface area contributed by atoms with Crippen molar-refractivity contribution in [3.8, 4) is 11.5 Å². The Hall–Kier alpha value is -2.94. The van der Waals surface area contributed by atoms with Crippen molar-refractivity contribution in [1.82, 2.24) is 0 Å². The maximum absolute atomic E-state index is 12.2. The maximum atomic E-state index is 12.2. The van der Waals surface area contributed by atoms with Gasteiger partial charge in [-0.3, -0.25) is 0 Å². The monoisotopic (exact) mass is 397 g/mol. The molecule has 0 heterocycles. The molecular formula is C19H22F3N3O3. The zero-order chi connectivity index (χ0) is 20.6. The summed E-state index contributed by atoms with van der Waals surface area (Å²) >= 11 is 0. The highest BCUT2D eigenvalue weighted by atomic mass is 19.4. The number of nitrogens with one attached hydrogen (secondary N) is 1. The average Bonchev–Trinajstić information content (AvgIpc) is 2.62. The van der Waals surface area contributed by atoms with Crippen molar-refractivity contribution in [1.29, 1.82) is 0 Å². The summed E-state index contributed by atoms with van der Waals surface area (Å²) in [5.74, 6) is 0.501. The predicted octanol–water partition coefficient (Wildman–Crippen LogP) is 3.85. The van der Waals surface area contributed by atoms with Crippen LogP contribution in [-0.4, -0.2) is 32.6 Å². The Kier molecular flexibility index (Phi) is 7.51. The molecule has 3 N–H and O–H groups in total. The third kappa shape index (κ3) is 7.36. The lowest BCUT2D eigenvalue weighted by Gasteiger charge is -2.12. The molecule has 0 saturated heterocycles. The highest BCUT2D eigenvalue weighted by Crippen LogP contribution is 2.24. The summed E-state index contributed by atoms with van der Waals surface area (Å²) in [7, 11) is 1.60. The van der Waals surface area contributed by atoms with E-state index in [4.69, 9.17) is 15.2 Å². The lowest BCUT2D eigenvalue weighted by molar-refractivity contribution is -0.274. The number of methoxy groups -OCH3 is 1. The molecule has 0 radical (unpaired) electrons. The second-order valence-electron chi connectivity index (χ2n) is 5.85. The molecule has 0 aliphatic heterocycles. The Morgan fingerprint density at radius 3 is 2.46 bits per heavy atom. The number of hydrogen-bond acceptors (Lipinski definition) is 4. The normalized spacial score (nSPS) is 12.0. The van der Waals surface area contributed by atoms with Gasteiger partial charge in [-0.25, -0.2) is 4.99 Å². The Balaban J connectivity index is 1.99. The van der Waals surface area contributed by atoms with E-state index >= 15 is 0 Å². The van der Waals surface area contributed by atoms with Gasteiger partial charge in [0.15, 0.2) is 5.96 Å². The van der Waals surface area contributed by atoms with E-state index in [1.54, 1.807) is 7.11 Å². The van der Waals surface area contributed by atoms with E-state index < -0.39 is 6.36 Å². The van der Waals surface area contributed by atoms with Gasteiger partial charge in [-0.15, -0.1) is 13.2 Å². The smallest absolute Gasteiger partial charge is 0.491 e. The van der Waals surface area contributed by atoms with Gasteiger partial charge in [-0.1, -0.05) is 12.1 Å². The molecule has 0 aliphatic carbocycles. The lowest BCUT2D eigenvalue weighted by Crippen LogP contribution is -2.22. The molecule has 0 aliphatic rings. The Morgan fingerprint density at radius 2 is 1.82 bits per heavy atom. The first kappa shape index (κ1) is 21.4. The van der Waals surface area contributed by atoms with Crippen molar-refractivity contribution >= 4 is 11.6 Å². The summed E-state index contributed by atoms with van der Waals surface area (Å²) in [5.41, 5.74) is 8.24. The fourth-order valence-corrected chi connectivity index (χ4v) is 2.26. The number of guanidine groups is 1. The third-order valence-corrected chi connectivity index (χ3v) is 3.55. The van der Waals surface area contributed by atoms with Gasteiger partial charge < -0.3 is 25.3 Å². The number of benzene rings is 2. The van der Waals surface area contributed by atoms with Crippen LogP contribution < -0.4 is 20.5 Å². The predicted molar refractivity (Wildman–Crippen MR) is 101 cm³/mol. The van der Waals surface area contributed by atoms with Crippen LogP contribution >= 0.6 is 0 Å². The van der Waals surface area contributed by atoms with Gasteiger partial charge in [0.05, 0.1) is 13.2 Å². The fourth-order valence-electron chi connectivity index (χ4n) is 2.26. The van der Waals surface area contributed by atoms with E-state index in [9.17, 15) is 13.2 Å². The van der Waals surface area contributed by atoms with E-state index in [2.05, 4.69) is 15.0 Å². The zero-order valence-electron chi connectivity index (χ0n) is 15.5. The van der Waals surface area contributed by atoms with Crippen LogP contribution in [0.3, 0.4) is 0 Å². The Morgan fingerprint density at radius 1 is 1.11 bits per heavy atom. The first-order valence-corrected chi connectivity index (χ1v) is 8.41. The minimum absolute atomic E-state index is 0.118. The number of hydrogen-bond donors (Lipinski definition) is 2. The number of alkyl halides is 3. The van der Waals surface area contributed by atoms with Gasteiger partial charge in [-0.05, 0) is 42.8 Å². The molecule has 0 saturated carbocycles. The molecule has 6 nitrogen and oxygen atoms in total. The molecule has 0 bridgehead atoms. The van der Waals surface area contributed by atoms with Gasteiger partial charge in [-0.2, -0.15) is 0 Å². The number of aryl methyl sites for hydroxylation is 1. The zero-order valence-corrected chi connectivity index (χ0v) is 15.5. The lowest BCUT2D eigenvalue weighted by atomic mass is 10.1. The minimum atomic E-state index is -4.73. The first-order valence-electron chi connectivity index (χ1n) is 8.41. The number of nitrogens with two attached hydrogens (primary N) is 1. The summed E-state index contributed by atoms with van der Waals surface area (Å²) in [6.07, 6.45) is -4.73. The van der Waals surface area contributed by atoms with Gasteiger partial charge in [0.2, 0.25) is 0 Å².